The summed E-state index contributed by atoms with van der Waals surface area (Å²) in [6.07, 6.45) is 0. The van der Waals surface area contributed by atoms with Crippen molar-refractivity contribution in [1.82, 2.24) is 0 Å². The van der Waals surface area contributed by atoms with Gasteiger partial charge in [0.25, 0.3) is 10.0 Å². The zero-order chi connectivity index (χ0) is 21.9. The zero-order valence-corrected chi connectivity index (χ0v) is 16.6. The third kappa shape index (κ3) is 4.41. The second-order valence-electron chi connectivity index (χ2n) is 6.37. The zero-order valence-electron chi connectivity index (χ0n) is 15.8. The smallest absolute Gasteiger partial charge is 0.339 e. The number of hydrogen-bond donors (Lipinski definition) is 4. The molecule has 0 heterocycles. The van der Waals surface area contributed by atoms with Gasteiger partial charge < -0.3 is 15.5 Å². The van der Waals surface area contributed by atoms with Crippen molar-refractivity contribution in [2.24, 2.45) is 0 Å². The van der Waals surface area contributed by atoms with Crippen LogP contribution in [0.15, 0.2) is 71.6 Å². The summed E-state index contributed by atoms with van der Waals surface area (Å²) < 4.78 is 27.9. The van der Waals surface area contributed by atoms with Gasteiger partial charge in [0.05, 0.1) is 10.6 Å². The molecule has 154 valence electrons. The van der Waals surface area contributed by atoms with E-state index in [-0.39, 0.29) is 16.5 Å². The number of aromatic hydroxyl groups is 1. The fourth-order valence-corrected chi connectivity index (χ4v) is 3.98. The fourth-order valence-electron chi connectivity index (χ4n) is 2.87. The van der Waals surface area contributed by atoms with Crippen molar-refractivity contribution in [1.29, 1.82) is 0 Å². The van der Waals surface area contributed by atoms with E-state index in [0.717, 1.165) is 6.07 Å². The Labute approximate surface area is 172 Å². The van der Waals surface area contributed by atoms with Crippen molar-refractivity contribution >= 4 is 33.3 Å². The molecule has 0 atom stereocenters. The van der Waals surface area contributed by atoms with Crippen LogP contribution in [0.25, 0.3) is 11.1 Å². The number of amides is 1. The molecule has 0 bridgehead atoms. The second-order valence-corrected chi connectivity index (χ2v) is 8.05. The number of para-hydroxylation sites is 2. The molecule has 4 N–H and O–H groups in total. The van der Waals surface area contributed by atoms with Gasteiger partial charge in [-0.3, -0.25) is 9.52 Å². The summed E-state index contributed by atoms with van der Waals surface area (Å²) in [6.45, 7) is 1.37. The molecule has 9 heteroatoms. The summed E-state index contributed by atoms with van der Waals surface area (Å²) in [5.41, 5.74) is 1.03. The number of carbonyl (C=O) groups excluding carboxylic acids is 1. The average molecular weight is 426 g/mol. The van der Waals surface area contributed by atoms with Crippen LogP contribution >= 0.6 is 0 Å². The predicted molar refractivity (Wildman–Crippen MR) is 112 cm³/mol. The number of carbonyl (C=O) groups is 2. The Bertz CT molecular complexity index is 1240. The molecule has 0 aliphatic heterocycles. The minimum Gasteiger partial charge on any atom is -0.505 e. The van der Waals surface area contributed by atoms with Crippen LogP contribution < -0.4 is 10.0 Å². The Hall–Kier alpha value is -3.85. The average Bonchev–Trinajstić information content (AvgIpc) is 2.69. The number of benzene rings is 3. The van der Waals surface area contributed by atoms with Gasteiger partial charge in [-0.05, 0) is 35.9 Å². The lowest BCUT2D eigenvalue weighted by atomic mass is 10.0. The molecule has 3 aromatic carbocycles. The molecule has 0 radical (unpaired) electrons. The lowest BCUT2D eigenvalue weighted by molar-refractivity contribution is -0.114. The van der Waals surface area contributed by atoms with Crippen LogP contribution in [0, 0.1) is 0 Å². The molecule has 3 rings (SSSR count). The fraction of sp³-hybridized carbons (Fsp3) is 0.0476. The van der Waals surface area contributed by atoms with Crippen LogP contribution in [0.3, 0.4) is 0 Å². The van der Waals surface area contributed by atoms with E-state index in [0.29, 0.717) is 16.8 Å². The van der Waals surface area contributed by atoms with E-state index in [2.05, 4.69) is 10.0 Å². The van der Waals surface area contributed by atoms with E-state index in [9.17, 15) is 23.1 Å². The molecule has 0 aromatic heterocycles. The predicted octanol–water partition coefficient (Wildman–Crippen LogP) is 3.52. The van der Waals surface area contributed by atoms with Gasteiger partial charge in [0.15, 0.2) is 5.75 Å². The molecular weight excluding hydrogens is 408 g/mol. The second kappa shape index (κ2) is 8.26. The largest absolute Gasteiger partial charge is 0.505 e. The van der Waals surface area contributed by atoms with E-state index in [1.54, 1.807) is 36.4 Å². The van der Waals surface area contributed by atoms with E-state index < -0.39 is 27.3 Å². The number of anilines is 2. The van der Waals surface area contributed by atoms with Crippen molar-refractivity contribution < 1.29 is 28.2 Å². The number of rotatable bonds is 6. The quantitative estimate of drug-likeness (QED) is 0.446. The van der Waals surface area contributed by atoms with E-state index in [1.807, 2.05) is 0 Å². The molecule has 8 nitrogen and oxygen atoms in total. The summed E-state index contributed by atoms with van der Waals surface area (Å²) in [4.78, 5) is 22.5. The van der Waals surface area contributed by atoms with Gasteiger partial charge in [0.2, 0.25) is 5.91 Å². The molecule has 0 aliphatic rings. The lowest BCUT2D eigenvalue weighted by Gasteiger charge is -2.13. The van der Waals surface area contributed by atoms with Crippen molar-refractivity contribution in [3.8, 4) is 16.9 Å². The van der Waals surface area contributed by atoms with Crippen LogP contribution in [-0.4, -0.2) is 30.5 Å². The number of carboxylic acid groups (broad SMARTS) is 1. The summed E-state index contributed by atoms with van der Waals surface area (Å²) in [5, 5.41) is 21.9. The van der Waals surface area contributed by atoms with Gasteiger partial charge in [-0.2, -0.15) is 0 Å². The van der Waals surface area contributed by atoms with Crippen LogP contribution in [-0.2, 0) is 14.8 Å². The monoisotopic (exact) mass is 426 g/mol. The Morgan fingerprint density at radius 3 is 2.27 bits per heavy atom. The van der Waals surface area contributed by atoms with Crippen LogP contribution in [0.5, 0.6) is 5.75 Å². The number of carboxylic acids is 1. The first-order valence-corrected chi connectivity index (χ1v) is 10.2. The minimum atomic E-state index is -4.13. The topological polar surface area (TPSA) is 133 Å². The first-order valence-electron chi connectivity index (χ1n) is 8.74. The van der Waals surface area contributed by atoms with Crippen LogP contribution in [0.1, 0.15) is 17.3 Å². The van der Waals surface area contributed by atoms with Gasteiger partial charge >= 0.3 is 5.97 Å². The lowest BCUT2D eigenvalue weighted by Crippen LogP contribution is -2.14. The number of phenols is 1. The van der Waals surface area contributed by atoms with Crippen molar-refractivity contribution in [3.63, 3.8) is 0 Å². The molecule has 0 fully saturated rings. The van der Waals surface area contributed by atoms with Crippen molar-refractivity contribution in [2.45, 2.75) is 11.8 Å². The van der Waals surface area contributed by atoms with E-state index in [1.165, 1.54) is 31.2 Å². The summed E-state index contributed by atoms with van der Waals surface area (Å²) in [5.74, 6) is -2.33. The molecule has 0 spiro atoms. The Morgan fingerprint density at radius 1 is 0.900 bits per heavy atom. The molecule has 3 aromatic rings. The number of sulfonamides is 1. The minimum absolute atomic E-state index is 0.0993. The molecule has 0 aliphatic carbocycles. The molecule has 0 unspecified atom stereocenters. The highest BCUT2D eigenvalue weighted by molar-refractivity contribution is 7.92. The Kier molecular flexibility index (Phi) is 5.74. The van der Waals surface area contributed by atoms with Gasteiger partial charge in [0.1, 0.15) is 5.56 Å². The highest BCUT2D eigenvalue weighted by atomic mass is 32.2. The molecule has 0 saturated heterocycles. The Morgan fingerprint density at radius 2 is 1.57 bits per heavy atom. The van der Waals surface area contributed by atoms with Crippen LogP contribution in [0.2, 0.25) is 0 Å². The normalized spacial score (nSPS) is 11.0. The third-order valence-electron chi connectivity index (χ3n) is 4.20. The molecule has 0 saturated carbocycles. The summed E-state index contributed by atoms with van der Waals surface area (Å²) in [7, 11) is -4.13. The van der Waals surface area contributed by atoms with Gasteiger partial charge in [-0.25, -0.2) is 13.2 Å². The SMILES string of the molecule is CC(=O)Nc1ccccc1-c1cccc(S(=O)(=O)Nc2cccc(C(=O)O)c2O)c1. The first kappa shape index (κ1) is 20.9. The van der Waals surface area contributed by atoms with Crippen LogP contribution in [0.4, 0.5) is 11.4 Å². The number of nitrogens with one attached hydrogen (secondary N) is 2. The highest BCUT2D eigenvalue weighted by Crippen LogP contribution is 2.32. The summed E-state index contributed by atoms with van der Waals surface area (Å²) >= 11 is 0. The van der Waals surface area contributed by atoms with Crippen molar-refractivity contribution in [3.05, 3.63) is 72.3 Å². The maximum atomic E-state index is 12.8. The van der Waals surface area contributed by atoms with Gasteiger partial charge in [-0.15, -0.1) is 0 Å². The number of hydrogen-bond acceptors (Lipinski definition) is 5. The summed E-state index contributed by atoms with van der Waals surface area (Å²) in [6, 6.07) is 16.7. The Balaban J connectivity index is 2.00. The van der Waals surface area contributed by atoms with E-state index in [4.69, 9.17) is 5.11 Å². The maximum Gasteiger partial charge on any atom is 0.339 e. The third-order valence-corrected chi connectivity index (χ3v) is 5.57. The van der Waals surface area contributed by atoms with Gasteiger partial charge in [0, 0.05) is 18.2 Å². The number of aromatic carboxylic acids is 1. The molecule has 1 amide bonds. The molecule has 30 heavy (non-hydrogen) atoms. The highest BCUT2D eigenvalue weighted by Gasteiger charge is 2.20. The molecular formula is C21H18N2O6S. The maximum absolute atomic E-state index is 12.8. The first-order chi connectivity index (χ1) is 14.2. The van der Waals surface area contributed by atoms with Crippen molar-refractivity contribution in [2.75, 3.05) is 10.0 Å². The van der Waals surface area contributed by atoms with E-state index >= 15 is 0 Å². The standard InChI is InChI=1S/C21H18N2O6S/c1-13(24)22-18-10-3-2-8-16(18)14-6-4-7-15(12-14)30(28,29)23-19-11-5-9-17(20(19)25)21(26)27/h2-12,23,25H,1H3,(H,22,24)(H,26,27). The van der Waals surface area contributed by atoms with Gasteiger partial charge in [-0.1, -0.05) is 36.4 Å².